The van der Waals surface area contributed by atoms with Crippen LogP contribution in [0.15, 0.2) is 42.5 Å². The Morgan fingerprint density at radius 1 is 1.14 bits per heavy atom. The van der Waals surface area contributed by atoms with Crippen molar-refractivity contribution < 1.29 is 14.7 Å². The summed E-state index contributed by atoms with van der Waals surface area (Å²) in [6.07, 6.45) is -0.397. The van der Waals surface area contributed by atoms with Gasteiger partial charge in [-0.15, -0.1) is 0 Å². The fraction of sp³-hybridized carbons (Fsp3) is 0.333. The Morgan fingerprint density at radius 2 is 1.82 bits per heavy atom. The second-order valence-corrected chi connectivity index (χ2v) is 7.97. The lowest BCUT2D eigenvalue weighted by molar-refractivity contribution is 0.0591. The van der Waals surface area contributed by atoms with Gasteiger partial charge in [-0.1, -0.05) is 35.3 Å². The minimum atomic E-state index is -0.951. The third-order valence-electron chi connectivity index (χ3n) is 5.38. The van der Waals surface area contributed by atoms with Gasteiger partial charge < -0.3 is 14.9 Å². The van der Waals surface area contributed by atoms with Gasteiger partial charge in [-0.3, -0.25) is 4.79 Å². The number of hydrogen-bond acceptors (Lipinski definition) is 2. The van der Waals surface area contributed by atoms with Gasteiger partial charge in [0.2, 0.25) is 0 Å². The Morgan fingerprint density at radius 3 is 2.43 bits per heavy atom. The predicted molar refractivity (Wildman–Crippen MR) is 110 cm³/mol. The zero-order valence-corrected chi connectivity index (χ0v) is 17.2. The van der Waals surface area contributed by atoms with Gasteiger partial charge in [-0.25, -0.2) is 4.79 Å². The van der Waals surface area contributed by atoms with Crippen LogP contribution in [-0.4, -0.2) is 53.1 Å². The number of benzene rings is 2. The van der Waals surface area contributed by atoms with E-state index in [1.54, 1.807) is 36.2 Å². The van der Waals surface area contributed by atoms with E-state index >= 15 is 0 Å². The molecule has 1 saturated heterocycles. The first-order valence-electron chi connectivity index (χ1n) is 9.04. The van der Waals surface area contributed by atoms with Crippen molar-refractivity contribution in [3.05, 3.63) is 69.2 Å². The number of likely N-dealkylation sites (tertiary alicyclic amines) is 1. The monoisotopic (exact) mass is 420 g/mol. The molecule has 1 heterocycles. The van der Waals surface area contributed by atoms with E-state index < -0.39 is 6.09 Å². The van der Waals surface area contributed by atoms with Crippen molar-refractivity contribution in [2.24, 2.45) is 0 Å². The van der Waals surface area contributed by atoms with Gasteiger partial charge in [-0.2, -0.15) is 0 Å². The second-order valence-electron chi connectivity index (χ2n) is 7.12. The fourth-order valence-electron chi connectivity index (χ4n) is 3.69. The number of carboxylic acid groups (broad SMARTS) is 1. The van der Waals surface area contributed by atoms with E-state index in [1.165, 1.54) is 4.90 Å². The largest absolute Gasteiger partial charge is 0.465 e. The molecule has 0 spiro atoms. The second kappa shape index (κ2) is 8.41. The van der Waals surface area contributed by atoms with Crippen LogP contribution in [-0.2, 0) is 0 Å². The summed E-state index contributed by atoms with van der Waals surface area (Å²) >= 11 is 12.2. The molecule has 1 N–H and O–H groups in total. The van der Waals surface area contributed by atoms with Crippen molar-refractivity contribution in [3.63, 3.8) is 0 Å². The highest BCUT2D eigenvalue weighted by molar-refractivity contribution is 6.31. The summed E-state index contributed by atoms with van der Waals surface area (Å²) in [5, 5.41) is 10.7. The average molecular weight is 421 g/mol. The molecule has 0 aliphatic carbocycles. The molecule has 0 saturated carbocycles. The number of hydrogen-bond donors (Lipinski definition) is 1. The number of halogens is 2. The minimum Gasteiger partial charge on any atom is -0.465 e. The average Bonchev–Trinajstić information content (AvgIpc) is 2.69. The summed E-state index contributed by atoms with van der Waals surface area (Å²) in [4.78, 5) is 27.6. The number of nitrogens with zero attached hydrogens (tertiary/aromatic N) is 2. The Bertz CT molecular complexity index is 886. The van der Waals surface area contributed by atoms with Crippen LogP contribution in [0, 0.1) is 6.92 Å². The molecule has 2 atom stereocenters. The summed E-state index contributed by atoms with van der Waals surface area (Å²) in [6, 6.07) is 12.4. The highest BCUT2D eigenvalue weighted by Crippen LogP contribution is 2.33. The Hall–Kier alpha value is -2.24. The van der Waals surface area contributed by atoms with Crippen LogP contribution in [0.1, 0.15) is 33.8 Å². The molecule has 3 rings (SSSR count). The van der Waals surface area contributed by atoms with Gasteiger partial charge in [0.15, 0.2) is 0 Å². The van der Waals surface area contributed by atoms with Crippen molar-refractivity contribution in [1.82, 2.24) is 9.80 Å². The van der Waals surface area contributed by atoms with Gasteiger partial charge in [0, 0.05) is 47.7 Å². The molecule has 5 nitrogen and oxygen atoms in total. The third-order valence-corrected chi connectivity index (χ3v) is 6.04. The SMILES string of the molecule is Cc1ccc(C2CN(C(=O)O)CCC2N(C)C(=O)c2ccc(Cl)cc2)cc1Cl. The van der Waals surface area contributed by atoms with Crippen LogP contribution in [0.3, 0.4) is 0 Å². The van der Waals surface area contributed by atoms with Crippen LogP contribution < -0.4 is 0 Å². The summed E-state index contributed by atoms with van der Waals surface area (Å²) in [5.74, 6) is -0.280. The van der Waals surface area contributed by atoms with Gasteiger partial charge in [0.25, 0.3) is 5.91 Å². The summed E-state index contributed by atoms with van der Waals surface area (Å²) in [5.41, 5.74) is 2.44. The van der Waals surface area contributed by atoms with E-state index in [4.69, 9.17) is 23.2 Å². The highest BCUT2D eigenvalue weighted by Gasteiger charge is 2.36. The molecule has 2 unspecified atom stereocenters. The zero-order valence-electron chi connectivity index (χ0n) is 15.7. The quantitative estimate of drug-likeness (QED) is 0.766. The van der Waals surface area contributed by atoms with Crippen LogP contribution >= 0.6 is 23.2 Å². The molecule has 148 valence electrons. The molecule has 28 heavy (non-hydrogen) atoms. The molecule has 1 aliphatic heterocycles. The highest BCUT2D eigenvalue weighted by atomic mass is 35.5. The Labute approximate surface area is 174 Å². The molecule has 2 amide bonds. The Kier molecular flexibility index (Phi) is 6.16. The third kappa shape index (κ3) is 4.26. The normalized spacial score (nSPS) is 19.4. The molecular weight excluding hydrogens is 399 g/mol. The van der Waals surface area contributed by atoms with Crippen molar-refractivity contribution in [2.75, 3.05) is 20.1 Å². The van der Waals surface area contributed by atoms with Crippen molar-refractivity contribution in [2.45, 2.75) is 25.3 Å². The van der Waals surface area contributed by atoms with E-state index in [0.29, 0.717) is 35.1 Å². The summed E-state index contributed by atoms with van der Waals surface area (Å²) in [7, 11) is 1.76. The fourth-order valence-corrected chi connectivity index (χ4v) is 4.01. The number of likely N-dealkylation sites (N-methyl/N-ethyl adjacent to an activating group) is 1. The molecule has 7 heteroatoms. The number of amides is 2. The molecule has 2 aromatic rings. The lowest BCUT2D eigenvalue weighted by atomic mass is 9.84. The topological polar surface area (TPSA) is 60.9 Å². The summed E-state index contributed by atoms with van der Waals surface area (Å²) < 4.78 is 0. The van der Waals surface area contributed by atoms with Crippen LogP contribution in [0.4, 0.5) is 4.79 Å². The van der Waals surface area contributed by atoms with Crippen molar-refractivity contribution in [3.8, 4) is 0 Å². The number of piperidine rings is 1. The lowest BCUT2D eigenvalue weighted by Gasteiger charge is -2.42. The van der Waals surface area contributed by atoms with Crippen molar-refractivity contribution >= 4 is 35.2 Å². The standard InChI is InChI=1S/C21H22Cl2N2O3/c1-13-3-4-15(11-18(13)23)17-12-25(21(27)28)10-9-19(17)24(2)20(26)14-5-7-16(22)8-6-14/h3-8,11,17,19H,9-10,12H2,1-2H3,(H,27,28). The maximum Gasteiger partial charge on any atom is 0.407 e. The molecule has 0 bridgehead atoms. The van der Waals surface area contributed by atoms with E-state index in [1.807, 2.05) is 25.1 Å². The van der Waals surface area contributed by atoms with Gasteiger partial charge in [0.1, 0.15) is 0 Å². The van der Waals surface area contributed by atoms with Gasteiger partial charge in [0.05, 0.1) is 0 Å². The van der Waals surface area contributed by atoms with E-state index in [0.717, 1.165) is 11.1 Å². The van der Waals surface area contributed by atoms with Crippen molar-refractivity contribution in [1.29, 1.82) is 0 Å². The number of carbonyl (C=O) groups excluding carboxylic acids is 1. The van der Waals surface area contributed by atoms with Gasteiger partial charge in [-0.05, 0) is 54.8 Å². The lowest BCUT2D eigenvalue weighted by Crippen LogP contribution is -2.51. The van der Waals surface area contributed by atoms with E-state index in [9.17, 15) is 14.7 Å². The molecule has 0 aromatic heterocycles. The van der Waals surface area contributed by atoms with Crippen LogP contribution in [0.25, 0.3) is 0 Å². The molecular formula is C21H22Cl2N2O3. The van der Waals surface area contributed by atoms with Crippen LogP contribution in [0.5, 0.6) is 0 Å². The predicted octanol–water partition coefficient (Wildman–Crippen LogP) is 4.91. The molecule has 0 radical (unpaired) electrons. The number of carbonyl (C=O) groups is 2. The first kappa shape index (κ1) is 20.5. The molecule has 1 aliphatic rings. The zero-order chi connectivity index (χ0) is 20.4. The van der Waals surface area contributed by atoms with Gasteiger partial charge >= 0.3 is 6.09 Å². The first-order valence-corrected chi connectivity index (χ1v) is 9.80. The van der Waals surface area contributed by atoms with Crippen LogP contribution in [0.2, 0.25) is 10.0 Å². The summed E-state index contributed by atoms with van der Waals surface area (Å²) in [6.45, 7) is 2.62. The number of rotatable bonds is 3. The smallest absolute Gasteiger partial charge is 0.407 e. The van der Waals surface area contributed by atoms with E-state index in [2.05, 4.69) is 0 Å². The first-order chi connectivity index (χ1) is 13.3. The maximum atomic E-state index is 13.0. The Balaban J connectivity index is 1.91. The molecule has 1 fully saturated rings. The minimum absolute atomic E-state index is 0.117. The maximum absolute atomic E-state index is 13.0. The van der Waals surface area contributed by atoms with E-state index in [-0.39, 0.29) is 17.9 Å². The number of aryl methyl sites for hydroxylation is 1. The molecule has 2 aromatic carbocycles.